The number of hydrogen-bond acceptors (Lipinski definition) is 2. The minimum absolute atomic E-state index is 0.211. The molecule has 1 heterocycles. The fraction of sp³-hybridized carbons (Fsp3) is 0.333. The Morgan fingerprint density at radius 3 is 2.56 bits per heavy atom. The zero-order chi connectivity index (χ0) is 13.3. The van der Waals surface area contributed by atoms with Gasteiger partial charge in [-0.1, -0.05) is 23.2 Å². The third kappa shape index (κ3) is 2.60. The molecule has 1 atom stereocenters. The zero-order valence-corrected chi connectivity index (χ0v) is 10.9. The quantitative estimate of drug-likeness (QED) is 0.909. The fourth-order valence-electron chi connectivity index (χ4n) is 1.96. The van der Waals surface area contributed by atoms with Crippen molar-refractivity contribution in [3.63, 3.8) is 0 Å². The number of hydrogen-bond donors (Lipinski definition) is 1. The van der Waals surface area contributed by atoms with Crippen molar-refractivity contribution in [3.05, 3.63) is 33.8 Å². The highest BCUT2D eigenvalue weighted by atomic mass is 35.5. The van der Waals surface area contributed by atoms with Gasteiger partial charge < -0.3 is 10.0 Å². The number of carbonyl (C=O) groups is 2. The number of rotatable bonds is 2. The van der Waals surface area contributed by atoms with Crippen molar-refractivity contribution in [2.24, 2.45) is 5.92 Å². The highest BCUT2D eigenvalue weighted by Crippen LogP contribution is 2.25. The lowest BCUT2D eigenvalue weighted by molar-refractivity contribution is -0.141. The highest BCUT2D eigenvalue weighted by Gasteiger charge is 2.31. The molecule has 0 saturated carbocycles. The van der Waals surface area contributed by atoms with E-state index in [1.54, 1.807) is 12.1 Å². The number of carboxylic acid groups (broad SMARTS) is 1. The van der Waals surface area contributed by atoms with Crippen molar-refractivity contribution in [1.82, 2.24) is 4.90 Å². The molecule has 18 heavy (non-hydrogen) atoms. The molecule has 4 nitrogen and oxygen atoms in total. The molecule has 1 saturated heterocycles. The van der Waals surface area contributed by atoms with Gasteiger partial charge in [0, 0.05) is 18.7 Å². The van der Waals surface area contributed by atoms with Crippen LogP contribution in [0.1, 0.15) is 16.8 Å². The summed E-state index contributed by atoms with van der Waals surface area (Å²) in [5, 5.41) is 9.59. The van der Waals surface area contributed by atoms with Gasteiger partial charge in [-0.05, 0) is 24.6 Å². The molecule has 6 heteroatoms. The van der Waals surface area contributed by atoms with Crippen LogP contribution in [-0.2, 0) is 4.79 Å². The van der Waals surface area contributed by atoms with Crippen molar-refractivity contribution in [2.75, 3.05) is 13.1 Å². The van der Waals surface area contributed by atoms with Gasteiger partial charge in [0.05, 0.1) is 16.0 Å². The van der Waals surface area contributed by atoms with Crippen LogP contribution < -0.4 is 0 Å². The first-order valence-electron chi connectivity index (χ1n) is 5.46. The summed E-state index contributed by atoms with van der Waals surface area (Å²) in [7, 11) is 0. The van der Waals surface area contributed by atoms with E-state index < -0.39 is 11.9 Å². The summed E-state index contributed by atoms with van der Waals surface area (Å²) < 4.78 is 0. The molecule has 0 unspecified atom stereocenters. The topological polar surface area (TPSA) is 57.6 Å². The third-order valence-corrected chi connectivity index (χ3v) is 3.73. The predicted octanol–water partition coefficient (Wildman–Crippen LogP) is 2.54. The molecule has 0 aliphatic carbocycles. The SMILES string of the molecule is O=C(O)[C@H]1CCN(C(=O)c2ccc(Cl)c(Cl)c2)C1. The zero-order valence-electron chi connectivity index (χ0n) is 9.40. The maximum absolute atomic E-state index is 12.1. The molecule has 0 aromatic heterocycles. The lowest BCUT2D eigenvalue weighted by Crippen LogP contribution is -2.29. The van der Waals surface area contributed by atoms with E-state index in [0.717, 1.165) is 0 Å². The maximum Gasteiger partial charge on any atom is 0.308 e. The van der Waals surface area contributed by atoms with E-state index in [4.69, 9.17) is 28.3 Å². The Labute approximate surface area is 114 Å². The van der Waals surface area contributed by atoms with E-state index >= 15 is 0 Å². The molecule has 1 aliphatic heterocycles. The number of benzene rings is 1. The first-order chi connectivity index (χ1) is 8.49. The predicted molar refractivity (Wildman–Crippen MR) is 68.1 cm³/mol. The smallest absolute Gasteiger partial charge is 0.308 e. The Morgan fingerprint density at radius 2 is 2.00 bits per heavy atom. The monoisotopic (exact) mass is 287 g/mol. The number of carbonyl (C=O) groups excluding carboxylic acids is 1. The van der Waals surface area contributed by atoms with Crippen molar-refractivity contribution >= 4 is 35.1 Å². The maximum atomic E-state index is 12.1. The Bertz CT molecular complexity index is 504. The van der Waals surface area contributed by atoms with Crippen LogP contribution in [0, 0.1) is 5.92 Å². The molecule has 96 valence electrons. The first kappa shape index (κ1) is 13.2. The van der Waals surface area contributed by atoms with Gasteiger partial charge >= 0.3 is 5.97 Å². The van der Waals surface area contributed by atoms with E-state index in [-0.39, 0.29) is 12.5 Å². The summed E-state index contributed by atoms with van der Waals surface area (Å²) in [5.74, 6) is -1.55. The number of likely N-dealkylation sites (tertiary alicyclic amines) is 1. The van der Waals surface area contributed by atoms with Crippen LogP contribution in [0.2, 0.25) is 10.0 Å². The highest BCUT2D eigenvalue weighted by molar-refractivity contribution is 6.42. The summed E-state index contributed by atoms with van der Waals surface area (Å²) in [6.45, 7) is 0.699. The largest absolute Gasteiger partial charge is 0.481 e. The minimum Gasteiger partial charge on any atom is -0.481 e. The van der Waals surface area contributed by atoms with E-state index in [9.17, 15) is 9.59 Å². The van der Waals surface area contributed by atoms with Crippen molar-refractivity contribution in [1.29, 1.82) is 0 Å². The second-order valence-corrected chi connectivity index (χ2v) is 5.02. The Morgan fingerprint density at radius 1 is 1.28 bits per heavy atom. The Hall–Kier alpha value is -1.26. The molecule has 0 bridgehead atoms. The van der Waals surface area contributed by atoms with Crippen LogP contribution in [0.4, 0.5) is 0 Å². The van der Waals surface area contributed by atoms with E-state index in [0.29, 0.717) is 28.6 Å². The van der Waals surface area contributed by atoms with Crippen LogP contribution in [0.25, 0.3) is 0 Å². The van der Waals surface area contributed by atoms with Gasteiger partial charge in [-0.2, -0.15) is 0 Å². The molecule has 0 spiro atoms. The Balaban J connectivity index is 2.12. The number of halogens is 2. The molecular weight excluding hydrogens is 277 g/mol. The third-order valence-electron chi connectivity index (χ3n) is 2.99. The van der Waals surface area contributed by atoms with Crippen LogP contribution in [0.15, 0.2) is 18.2 Å². The van der Waals surface area contributed by atoms with Crippen molar-refractivity contribution in [2.45, 2.75) is 6.42 Å². The molecule has 1 aromatic rings. The average molecular weight is 288 g/mol. The van der Waals surface area contributed by atoms with Gasteiger partial charge in [0.15, 0.2) is 0 Å². The van der Waals surface area contributed by atoms with Gasteiger partial charge in [0.1, 0.15) is 0 Å². The summed E-state index contributed by atoms with van der Waals surface area (Å²) in [4.78, 5) is 24.5. The van der Waals surface area contributed by atoms with Crippen molar-refractivity contribution in [3.8, 4) is 0 Å². The van der Waals surface area contributed by atoms with Gasteiger partial charge in [-0.25, -0.2) is 0 Å². The van der Waals surface area contributed by atoms with Crippen molar-refractivity contribution < 1.29 is 14.7 Å². The van der Waals surface area contributed by atoms with Gasteiger partial charge in [-0.3, -0.25) is 9.59 Å². The molecule has 1 fully saturated rings. The lowest BCUT2D eigenvalue weighted by atomic mass is 10.1. The van der Waals surface area contributed by atoms with Crippen LogP contribution in [-0.4, -0.2) is 35.0 Å². The van der Waals surface area contributed by atoms with Gasteiger partial charge in [0.2, 0.25) is 0 Å². The first-order valence-corrected chi connectivity index (χ1v) is 6.22. The van der Waals surface area contributed by atoms with Crippen LogP contribution in [0.5, 0.6) is 0 Å². The lowest BCUT2D eigenvalue weighted by Gasteiger charge is -2.16. The molecular formula is C12H11Cl2NO3. The number of nitrogens with zero attached hydrogens (tertiary/aromatic N) is 1. The van der Waals surface area contributed by atoms with E-state index in [1.165, 1.54) is 11.0 Å². The number of amides is 1. The molecule has 0 radical (unpaired) electrons. The second-order valence-electron chi connectivity index (χ2n) is 4.20. The number of carboxylic acids is 1. The van der Waals surface area contributed by atoms with Crippen LogP contribution in [0.3, 0.4) is 0 Å². The standard InChI is InChI=1S/C12H11Cl2NO3/c13-9-2-1-7(5-10(9)14)11(16)15-4-3-8(6-15)12(17)18/h1-2,5,8H,3-4,6H2,(H,17,18)/t8-/m0/s1. The van der Waals surface area contributed by atoms with Gasteiger partial charge in [0.25, 0.3) is 5.91 Å². The van der Waals surface area contributed by atoms with Crippen LogP contribution >= 0.6 is 23.2 Å². The summed E-state index contributed by atoms with van der Waals surface area (Å²) in [5.41, 5.74) is 0.426. The molecule has 1 N–H and O–H groups in total. The van der Waals surface area contributed by atoms with E-state index in [1.807, 2.05) is 0 Å². The normalized spacial score (nSPS) is 19.0. The summed E-state index contributed by atoms with van der Waals surface area (Å²) in [6, 6.07) is 4.65. The Kier molecular flexibility index (Phi) is 3.78. The summed E-state index contributed by atoms with van der Waals surface area (Å²) >= 11 is 11.6. The molecule has 2 rings (SSSR count). The number of aliphatic carboxylic acids is 1. The summed E-state index contributed by atoms with van der Waals surface area (Å²) in [6.07, 6.45) is 0.488. The van der Waals surface area contributed by atoms with E-state index in [2.05, 4.69) is 0 Å². The van der Waals surface area contributed by atoms with Gasteiger partial charge in [-0.15, -0.1) is 0 Å². The second kappa shape index (κ2) is 5.16. The fourth-order valence-corrected chi connectivity index (χ4v) is 2.26. The molecule has 1 amide bonds. The average Bonchev–Trinajstić information content (AvgIpc) is 2.81. The minimum atomic E-state index is -0.862. The molecule has 1 aromatic carbocycles. The molecule has 1 aliphatic rings.